The highest BCUT2D eigenvalue weighted by atomic mass is 15.2. The van der Waals surface area contributed by atoms with E-state index < -0.39 is 0 Å². The van der Waals surface area contributed by atoms with Gasteiger partial charge >= 0.3 is 0 Å². The fourth-order valence-corrected chi connectivity index (χ4v) is 5.73. The van der Waals surface area contributed by atoms with Crippen LogP contribution in [0.1, 0.15) is 68.9 Å². The van der Waals surface area contributed by atoms with Gasteiger partial charge in [0, 0.05) is 48.7 Å². The molecular weight excluding hydrogens is 432 g/mol. The van der Waals surface area contributed by atoms with Crippen LogP contribution in [0.2, 0.25) is 0 Å². The molecular formula is C29H40N6. The van der Waals surface area contributed by atoms with Crippen LogP contribution in [0, 0.1) is 0 Å². The molecule has 0 atom stereocenters. The van der Waals surface area contributed by atoms with Crippen molar-refractivity contribution in [2.24, 2.45) is 21.5 Å². The lowest BCUT2D eigenvalue weighted by Crippen LogP contribution is -2.30. The van der Waals surface area contributed by atoms with Gasteiger partial charge in [0.1, 0.15) is 11.7 Å². The number of rotatable bonds is 6. The van der Waals surface area contributed by atoms with Gasteiger partial charge in [-0.15, -0.1) is 0 Å². The topological polar surface area (TPSA) is 83.2 Å². The second-order valence-corrected chi connectivity index (χ2v) is 10.3. The van der Waals surface area contributed by atoms with Crippen LogP contribution in [-0.4, -0.2) is 49.9 Å². The smallest absolute Gasteiger partial charge is 0.125 e. The molecule has 2 aromatic carbocycles. The van der Waals surface area contributed by atoms with Gasteiger partial charge in [0.05, 0.1) is 12.1 Å². The van der Waals surface area contributed by atoms with Gasteiger partial charge in [0.2, 0.25) is 0 Å². The largest absolute Gasteiger partial charge is 0.383 e. The van der Waals surface area contributed by atoms with Crippen LogP contribution < -0.4 is 21.3 Å². The Kier molecular flexibility index (Phi) is 7.55. The van der Waals surface area contributed by atoms with Crippen molar-refractivity contribution in [2.75, 3.05) is 36.0 Å². The molecule has 0 spiro atoms. The first-order valence-electron chi connectivity index (χ1n) is 13.5. The average Bonchev–Trinajstić information content (AvgIpc) is 3.54. The minimum atomic E-state index is 0.413. The first-order valence-corrected chi connectivity index (χ1v) is 13.5. The molecule has 35 heavy (non-hydrogen) atoms. The van der Waals surface area contributed by atoms with Crippen molar-refractivity contribution in [3.63, 3.8) is 0 Å². The molecule has 0 aromatic heterocycles. The Balaban J connectivity index is 1.18. The molecule has 0 unspecified atom stereocenters. The molecule has 4 N–H and O–H groups in total. The molecule has 2 saturated carbocycles. The second kappa shape index (κ2) is 11.1. The molecule has 6 heteroatoms. The highest BCUT2D eigenvalue weighted by Gasteiger charge is 2.18. The number of nitrogens with zero attached hydrogens (tertiary/aromatic N) is 4. The first-order chi connectivity index (χ1) is 17.2. The molecule has 2 aromatic rings. The van der Waals surface area contributed by atoms with E-state index in [4.69, 9.17) is 21.5 Å². The monoisotopic (exact) mass is 472 g/mol. The highest BCUT2D eigenvalue weighted by molar-refractivity contribution is 5.98. The Bertz CT molecular complexity index is 931. The molecule has 0 radical (unpaired) electrons. The van der Waals surface area contributed by atoms with Crippen molar-refractivity contribution in [3.8, 4) is 0 Å². The van der Waals surface area contributed by atoms with Gasteiger partial charge in [-0.2, -0.15) is 0 Å². The third kappa shape index (κ3) is 5.98. The summed E-state index contributed by atoms with van der Waals surface area (Å²) in [7, 11) is 0. The Morgan fingerprint density at radius 3 is 1.29 bits per heavy atom. The van der Waals surface area contributed by atoms with Gasteiger partial charge < -0.3 is 21.3 Å². The van der Waals surface area contributed by atoms with Gasteiger partial charge in [0.15, 0.2) is 0 Å². The number of anilines is 2. The molecule has 2 aliphatic carbocycles. The number of hydrogen-bond acceptors (Lipinski definition) is 4. The van der Waals surface area contributed by atoms with E-state index in [1.54, 1.807) is 0 Å². The van der Waals surface area contributed by atoms with Crippen LogP contribution in [0.5, 0.6) is 0 Å². The van der Waals surface area contributed by atoms with Gasteiger partial charge in [0.25, 0.3) is 0 Å². The van der Waals surface area contributed by atoms with E-state index in [0.29, 0.717) is 23.8 Å². The first kappa shape index (κ1) is 23.7. The van der Waals surface area contributed by atoms with Crippen LogP contribution in [0.3, 0.4) is 0 Å². The summed E-state index contributed by atoms with van der Waals surface area (Å²) in [4.78, 5) is 14.5. The molecule has 3 aliphatic rings. The number of benzene rings is 2. The Labute approximate surface area is 210 Å². The number of amidine groups is 2. The average molecular weight is 473 g/mol. The van der Waals surface area contributed by atoms with Gasteiger partial charge in [-0.05, 0) is 80.6 Å². The highest BCUT2D eigenvalue weighted by Crippen LogP contribution is 2.24. The second-order valence-electron chi connectivity index (χ2n) is 10.3. The van der Waals surface area contributed by atoms with E-state index in [1.807, 2.05) is 0 Å². The van der Waals surface area contributed by atoms with Gasteiger partial charge in [-0.3, -0.25) is 9.98 Å². The fraction of sp³-hybridized carbons (Fsp3) is 0.517. The summed E-state index contributed by atoms with van der Waals surface area (Å²) in [6.07, 6.45) is 10.9. The fourth-order valence-electron chi connectivity index (χ4n) is 5.73. The number of aliphatic imine (C=N–C) groups is 2. The summed E-state index contributed by atoms with van der Waals surface area (Å²) in [5.41, 5.74) is 17.2. The maximum absolute atomic E-state index is 6.30. The zero-order valence-corrected chi connectivity index (χ0v) is 20.9. The molecule has 1 aliphatic heterocycles. The molecule has 1 saturated heterocycles. The van der Waals surface area contributed by atoms with E-state index in [9.17, 15) is 0 Å². The summed E-state index contributed by atoms with van der Waals surface area (Å²) < 4.78 is 0. The van der Waals surface area contributed by atoms with Gasteiger partial charge in [-0.1, -0.05) is 25.7 Å². The predicted molar refractivity (Wildman–Crippen MR) is 148 cm³/mol. The minimum absolute atomic E-state index is 0.413. The van der Waals surface area contributed by atoms with E-state index in [2.05, 4.69) is 58.3 Å². The van der Waals surface area contributed by atoms with E-state index >= 15 is 0 Å². The molecule has 5 rings (SSSR count). The Morgan fingerprint density at radius 1 is 0.543 bits per heavy atom. The van der Waals surface area contributed by atoms with Crippen LogP contribution in [0.25, 0.3) is 0 Å². The van der Waals surface area contributed by atoms with Crippen molar-refractivity contribution in [3.05, 3.63) is 59.7 Å². The lowest BCUT2D eigenvalue weighted by molar-refractivity contribution is 0.706. The predicted octanol–water partition coefficient (Wildman–Crippen LogP) is 4.70. The summed E-state index contributed by atoms with van der Waals surface area (Å²) in [5.74, 6) is 1.37. The molecule has 186 valence electrons. The van der Waals surface area contributed by atoms with E-state index in [1.165, 1.54) is 62.7 Å². The lowest BCUT2D eigenvalue weighted by Gasteiger charge is -2.25. The zero-order chi connectivity index (χ0) is 24.0. The van der Waals surface area contributed by atoms with E-state index in [-0.39, 0.29) is 0 Å². The van der Waals surface area contributed by atoms with Crippen molar-refractivity contribution >= 4 is 23.0 Å². The van der Waals surface area contributed by atoms with Crippen LogP contribution in [0.4, 0.5) is 11.4 Å². The van der Waals surface area contributed by atoms with Crippen molar-refractivity contribution in [2.45, 2.75) is 69.9 Å². The third-order valence-corrected chi connectivity index (χ3v) is 7.85. The quantitative estimate of drug-likeness (QED) is 0.472. The standard InChI is InChI=1S/C29H40N6/c30-28(32-24-6-1-2-7-24)22-10-14-26(15-11-22)34-18-5-19-35(21-20-34)27-16-12-23(13-17-27)29(31)33-25-8-3-4-9-25/h10-17,24-25H,1-9,18-21H2,(H2,30,32)(H2,31,33). The van der Waals surface area contributed by atoms with Crippen LogP contribution in [0.15, 0.2) is 58.5 Å². The van der Waals surface area contributed by atoms with Crippen LogP contribution in [-0.2, 0) is 0 Å². The lowest BCUT2D eigenvalue weighted by atomic mass is 10.1. The summed E-state index contributed by atoms with van der Waals surface area (Å²) in [6.45, 7) is 4.11. The normalized spacial score (nSPS) is 21.0. The molecule has 0 amide bonds. The van der Waals surface area contributed by atoms with E-state index in [0.717, 1.165) is 43.7 Å². The summed E-state index contributed by atoms with van der Waals surface area (Å²) >= 11 is 0. The van der Waals surface area contributed by atoms with Crippen molar-refractivity contribution in [1.82, 2.24) is 0 Å². The van der Waals surface area contributed by atoms with Crippen molar-refractivity contribution < 1.29 is 0 Å². The number of nitrogens with two attached hydrogens (primary N) is 2. The minimum Gasteiger partial charge on any atom is -0.383 e. The summed E-state index contributed by atoms with van der Waals surface area (Å²) in [6, 6.07) is 18.1. The molecule has 3 fully saturated rings. The maximum atomic E-state index is 6.30. The molecule has 1 heterocycles. The molecule has 0 bridgehead atoms. The Hall–Kier alpha value is -3.02. The van der Waals surface area contributed by atoms with Crippen molar-refractivity contribution in [1.29, 1.82) is 0 Å². The van der Waals surface area contributed by atoms with Gasteiger partial charge in [-0.25, -0.2) is 0 Å². The summed E-state index contributed by atoms with van der Waals surface area (Å²) in [5, 5.41) is 0. The Morgan fingerprint density at radius 2 is 0.914 bits per heavy atom. The third-order valence-electron chi connectivity index (χ3n) is 7.85. The number of hydrogen-bond donors (Lipinski definition) is 2. The zero-order valence-electron chi connectivity index (χ0n) is 20.9. The van der Waals surface area contributed by atoms with Crippen LogP contribution >= 0.6 is 0 Å². The SMILES string of the molecule is NC(=NC1CCCC1)c1ccc(N2CCCN(c3ccc(C(N)=NC4CCCC4)cc3)CC2)cc1. The maximum Gasteiger partial charge on any atom is 0.125 e. The molecule has 6 nitrogen and oxygen atoms in total.